The number of anilines is 3. The lowest BCUT2D eigenvalue weighted by molar-refractivity contribution is 0.373. The van der Waals surface area contributed by atoms with E-state index in [1.807, 2.05) is 18.2 Å². The molecule has 7 heteroatoms. The average molecular weight is 337 g/mol. The van der Waals surface area contributed by atoms with Crippen LogP contribution in [-0.2, 0) is 0 Å². The Labute approximate surface area is 146 Å². The van der Waals surface area contributed by atoms with Crippen LogP contribution in [0.5, 0.6) is 0 Å². The summed E-state index contributed by atoms with van der Waals surface area (Å²) in [7, 11) is 0. The number of benzene rings is 1. The molecule has 0 amide bonds. The van der Waals surface area contributed by atoms with Gasteiger partial charge in [-0.3, -0.25) is 5.10 Å². The fourth-order valence-corrected chi connectivity index (χ4v) is 3.52. The quantitative estimate of drug-likeness (QED) is 0.580. The minimum atomic E-state index is 0.459. The van der Waals surface area contributed by atoms with Crippen LogP contribution in [0.15, 0.2) is 24.3 Å². The predicted molar refractivity (Wildman–Crippen MR) is 101 cm³/mol. The Morgan fingerprint density at radius 1 is 1.08 bits per heavy atom. The number of H-pyrrole nitrogens is 1. The molecule has 0 atom stereocenters. The molecule has 4 rings (SSSR count). The van der Waals surface area contributed by atoms with Gasteiger partial charge in [-0.1, -0.05) is 25.3 Å². The number of nitrogen functional groups attached to an aromatic ring is 2. The minimum Gasteiger partial charge on any atom is -0.384 e. The van der Waals surface area contributed by atoms with Crippen LogP contribution in [0.4, 0.5) is 17.6 Å². The molecule has 0 saturated heterocycles. The Balaban J connectivity index is 1.57. The standard InChI is InChI=1S/C18H23N7/c19-16-9-14(12-6-7-13-15(8-12)24-25-17(13)20)22-18(23-16)21-10-11-4-2-1-3-5-11/h6-9,11H,1-5,10H2,(H3,20,24,25)(H3,19,21,22,23). The zero-order valence-electron chi connectivity index (χ0n) is 14.1. The molecule has 0 aliphatic heterocycles. The third-order valence-electron chi connectivity index (χ3n) is 4.91. The maximum Gasteiger partial charge on any atom is 0.225 e. The van der Waals surface area contributed by atoms with Crippen molar-refractivity contribution in [2.45, 2.75) is 32.1 Å². The number of nitrogens with one attached hydrogen (secondary N) is 2. The summed E-state index contributed by atoms with van der Waals surface area (Å²) in [6.45, 7) is 0.902. The van der Waals surface area contributed by atoms with Gasteiger partial charge < -0.3 is 16.8 Å². The molecule has 1 aliphatic carbocycles. The van der Waals surface area contributed by atoms with Gasteiger partial charge in [0.05, 0.1) is 11.2 Å². The van der Waals surface area contributed by atoms with Crippen molar-refractivity contribution in [2.24, 2.45) is 5.92 Å². The molecule has 25 heavy (non-hydrogen) atoms. The lowest BCUT2D eigenvalue weighted by Gasteiger charge is -2.21. The molecule has 3 aromatic rings. The molecule has 2 aromatic heterocycles. The van der Waals surface area contributed by atoms with Crippen LogP contribution in [0, 0.1) is 5.92 Å². The monoisotopic (exact) mass is 337 g/mol. The molecule has 0 spiro atoms. The average Bonchev–Trinajstić information content (AvgIpc) is 3.01. The van der Waals surface area contributed by atoms with Crippen LogP contribution >= 0.6 is 0 Å². The summed E-state index contributed by atoms with van der Waals surface area (Å²) >= 11 is 0. The van der Waals surface area contributed by atoms with E-state index in [-0.39, 0.29) is 0 Å². The van der Waals surface area contributed by atoms with Gasteiger partial charge in [0.15, 0.2) is 5.82 Å². The van der Waals surface area contributed by atoms with Gasteiger partial charge in [-0.15, -0.1) is 0 Å². The van der Waals surface area contributed by atoms with Crippen LogP contribution in [0.3, 0.4) is 0 Å². The second-order valence-corrected chi connectivity index (χ2v) is 6.76. The van der Waals surface area contributed by atoms with E-state index in [4.69, 9.17) is 11.5 Å². The third kappa shape index (κ3) is 3.35. The highest BCUT2D eigenvalue weighted by Crippen LogP contribution is 2.27. The maximum atomic E-state index is 5.99. The second-order valence-electron chi connectivity index (χ2n) is 6.76. The zero-order chi connectivity index (χ0) is 17.2. The van der Waals surface area contributed by atoms with Crippen molar-refractivity contribution >= 4 is 28.5 Å². The molecule has 2 heterocycles. The first-order valence-corrected chi connectivity index (χ1v) is 8.81. The van der Waals surface area contributed by atoms with Crippen molar-refractivity contribution in [2.75, 3.05) is 23.3 Å². The number of rotatable bonds is 4. The van der Waals surface area contributed by atoms with Gasteiger partial charge in [0.25, 0.3) is 0 Å². The number of nitrogens with zero attached hydrogens (tertiary/aromatic N) is 3. The summed E-state index contributed by atoms with van der Waals surface area (Å²) in [6.07, 6.45) is 6.56. The zero-order valence-corrected chi connectivity index (χ0v) is 14.1. The first kappa shape index (κ1) is 15.7. The molecule has 1 aromatic carbocycles. The van der Waals surface area contributed by atoms with E-state index >= 15 is 0 Å². The van der Waals surface area contributed by atoms with Gasteiger partial charge in [-0.05, 0) is 30.9 Å². The molecule has 1 fully saturated rings. The van der Waals surface area contributed by atoms with Crippen LogP contribution < -0.4 is 16.8 Å². The lowest BCUT2D eigenvalue weighted by Crippen LogP contribution is -2.18. The summed E-state index contributed by atoms with van der Waals surface area (Å²) in [6, 6.07) is 7.68. The molecule has 0 radical (unpaired) electrons. The molecule has 0 bridgehead atoms. The molecular weight excluding hydrogens is 314 g/mol. The van der Waals surface area contributed by atoms with Crippen LogP contribution in [0.1, 0.15) is 32.1 Å². The van der Waals surface area contributed by atoms with Crippen molar-refractivity contribution in [3.05, 3.63) is 24.3 Å². The third-order valence-corrected chi connectivity index (χ3v) is 4.91. The molecule has 6 N–H and O–H groups in total. The SMILES string of the molecule is Nc1cc(-c2ccc3c(N)n[nH]c3c2)nc(NCC2CCCCC2)n1. The fraction of sp³-hybridized carbons (Fsp3) is 0.389. The van der Waals surface area contributed by atoms with Gasteiger partial charge >= 0.3 is 0 Å². The maximum absolute atomic E-state index is 5.99. The van der Waals surface area contributed by atoms with Crippen molar-refractivity contribution in [3.8, 4) is 11.3 Å². The Morgan fingerprint density at radius 2 is 1.92 bits per heavy atom. The highest BCUT2D eigenvalue weighted by Gasteiger charge is 2.14. The van der Waals surface area contributed by atoms with E-state index in [2.05, 4.69) is 25.5 Å². The molecule has 130 valence electrons. The minimum absolute atomic E-state index is 0.459. The van der Waals surface area contributed by atoms with Gasteiger partial charge in [0.2, 0.25) is 5.95 Å². The Bertz CT molecular complexity index is 880. The molecular formula is C18H23N7. The Morgan fingerprint density at radius 3 is 2.76 bits per heavy atom. The van der Waals surface area contributed by atoms with Crippen LogP contribution in [0.25, 0.3) is 22.2 Å². The normalized spacial score (nSPS) is 15.5. The molecule has 7 nitrogen and oxygen atoms in total. The van der Waals surface area contributed by atoms with Crippen LogP contribution in [-0.4, -0.2) is 26.7 Å². The van der Waals surface area contributed by atoms with Gasteiger partial charge in [-0.25, -0.2) is 4.98 Å². The number of hydrogen-bond donors (Lipinski definition) is 4. The number of fused-ring (bicyclic) bond motifs is 1. The number of nitrogens with two attached hydrogens (primary N) is 2. The molecule has 1 saturated carbocycles. The topological polar surface area (TPSA) is 119 Å². The predicted octanol–water partition coefficient (Wildman–Crippen LogP) is 3.18. The largest absolute Gasteiger partial charge is 0.384 e. The van der Waals surface area contributed by atoms with Crippen LogP contribution in [0.2, 0.25) is 0 Å². The summed E-state index contributed by atoms with van der Waals surface area (Å²) in [5.41, 5.74) is 14.4. The van der Waals surface area contributed by atoms with Crippen molar-refractivity contribution in [1.82, 2.24) is 20.2 Å². The van der Waals surface area contributed by atoms with Gasteiger partial charge in [0.1, 0.15) is 5.82 Å². The first-order chi connectivity index (χ1) is 12.2. The van der Waals surface area contributed by atoms with E-state index in [1.54, 1.807) is 6.07 Å². The summed E-state index contributed by atoms with van der Waals surface area (Å²) < 4.78 is 0. The number of hydrogen-bond acceptors (Lipinski definition) is 6. The summed E-state index contributed by atoms with van der Waals surface area (Å²) in [4.78, 5) is 8.96. The first-order valence-electron chi connectivity index (χ1n) is 8.81. The van der Waals surface area contributed by atoms with Crippen molar-refractivity contribution in [3.63, 3.8) is 0 Å². The number of aromatic nitrogens is 4. The van der Waals surface area contributed by atoms with E-state index < -0.39 is 0 Å². The Kier molecular flexibility index (Phi) is 4.13. The van der Waals surface area contributed by atoms with E-state index in [9.17, 15) is 0 Å². The van der Waals surface area contributed by atoms with E-state index in [0.717, 1.165) is 28.7 Å². The van der Waals surface area contributed by atoms with Crippen molar-refractivity contribution < 1.29 is 0 Å². The summed E-state index contributed by atoms with van der Waals surface area (Å²) in [5.74, 6) is 2.25. The van der Waals surface area contributed by atoms with Crippen molar-refractivity contribution in [1.29, 1.82) is 0 Å². The summed E-state index contributed by atoms with van der Waals surface area (Å²) in [5, 5.41) is 11.2. The molecule has 0 unspecified atom stereocenters. The highest BCUT2D eigenvalue weighted by molar-refractivity contribution is 5.91. The fourth-order valence-electron chi connectivity index (χ4n) is 3.52. The Hall–Kier alpha value is -2.83. The molecule has 1 aliphatic rings. The lowest BCUT2D eigenvalue weighted by atomic mass is 9.89. The van der Waals surface area contributed by atoms with E-state index in [0.29, 0.717) is 23.5 Å². The second kappa shape index (κ2) is 6.58. The highest BCUT2D eigenvalue weighted by atomic mass is 15.2. The number of aromatic amines is 1. The smallest absolute Gasteiger partial charge is 0.225 e. The van der Waals surface area contributed by atoms with Gasteiger partial charge in [-0.2, -0.15) is 10.1 Å². The van der Waals surface area contributed by atoms with E-state index in [1.165, 1.54) is 32.1 Å². The van der Waals surface area contributed by atoms with Gasteiger partial charge in [0, 0.05) is 23.6 Å².